The molecule has 0 fully saturated rings. The molecule has 0 bridgehead atoms. The monoisotopic (exact) mass is 242 g/mol. The summed E-state index contributed by atoms with van der Waals surface area (Å²) in [5.74, 6) is -0.654. The van der Waals surface area contributed by atoms with Gasteiger partial charge in [0.15, 0.2) is 0 Å². The topological polar surface area (TPSA) is 62.2 Å². The summed E-state index contributed by atoms with van der Waals surface area (Å²) in [6.07, 6.45) is 3.22. The quantitative estimate of drug-likeness (QED) is 0.595. The molecular formula is C11H15ClN2O2. The van der Waals surface area contributed by atoms with E-state index in [1.165, 1.54) is 12.1 Å². The number of unbranched alkanes of at least 4 members (excludes halogenated alkanes) is 2. The number of anilines is 1. The average Bonchev–Trinajstić information content (AvgIpc) is 2.24. The minimum atomic E-state index is -0.998. The highest BCUT2D eigenvalue weighted by Gasteiger charge is 2.11. The molecule has 0 aliphatic rings. The van der Waals surface area contributed by atoms with Gasteiger partial charge in [0.1, 0.15) is 16.5 Å². The summed E-state index contributed by atoms with van der Waals surface area (Å²) in [6, 6.07) is 2.93. The molecule has 5 heteroatoms. The zero-order valence-electron chi connectivity index (χ0n) is 9.16. The fourth-order valence-electron chi connectivity index (χ4n) is 1.32. The minimum absolute atomic E-state index is 0.154. The van der Waals surface area contributed by atoms with Gasteiger partial charge >= 0.3 is 5.97 Å². The average molecular weight is 243 g/mol. The predicted molar refractivity (Wildman–Crippen MR) is 64.2 cm³/mol. The number of hydrogen-bond donors (Lipinski definition) is 2. The van der Waals surface area contributed by atoms with Gasteiger partial charge in [-0.25, -0.2) is 9.78 Å². The summed E-state index contributed by atoms with van der Waals surface area (Å²) in [4.78, 5) is 14.9. The van der Waals surface area contributed by atoms with Crippen LogP contribution in [0.25, 0.3) is 0 Å². The molecule has 0 unspecified atom stereocenters. The Labute approximate surface area is 99.6 Å². The number of aromatic nitrogens is 1. The lowest BCUT2D eigenvalue weighted by atomic mass is 10.2. The Morgan fingerprint density at radius 2 is 2.25 bits per heavy atom. The van der Waals surface area contributed by atoms with Gasteiger partial charge in [0.25, 0.3) is 0 Å². The Bertz CT molecular complexity index is 369. The number of aromatic carboxylic acids is 1. The van der Waals surface area contributed by atoms with Gasteiger partial charge < -0.3 is 10.4 Å². The lowest BCUT2D eigenvalue weighted by Crippen LogP contribution is -2.09. The van der Waals surface area contributed by atoms with Gasteiger partial charge in [-0.2, -0.15) is 0 Å². The molecule has 0 saturated carbocycles. The number of halogens is 1. The molecule has 1 rings (SSSR count). The van der Waals surface area contributed by atoms with Crippen LogP contribution in [0.2, 0.25) is 5.15 Å². The molecule has 4 nitrogen and oxygen atoms in total. The highest BCUT2D eigenvalue weighted by atomic mass is 35.5. The second kappa shape index (κ2) is 6.33. The first kappa shape index (κ1) is 12.8. The van der Waals surface area contributed by atoms with E-state index in [1.54, 1.807) is 0 Å². The molecule has 2 N–H and O–H groups in total. The molecule has 1 aromatic rings. The highest BCUT2D eigenvalue weighted by Crippen LogP contribution is 2.16. The molecule has 1 heterocycles. The third-order valence-corrected chi connectivity index (χ3v) is 2.37. The number of nitrogens with one attached hydrogen (secondary N) is 1. The van der Waals surface area contributed by atoms with Crippen molar-refractivity contribution in [2.24, 2.45) is 0 Å². The fourth-order valence-corrected chi connectivity index (χ4v) is 1.47. The van der Waals surface area contributed by atoms with Crippen molar-refractivity contribution in [2.45, 2.75) is 26.2 Å². The van der Waals surface area contributed by atoms with Gasteiger partial charge in [-0.3, -0.25) is 0 Å². The lowest BCUT2D eigenvalue weighted by Gasteiger charge is -2.08. The largest absolute Gasteiger partial charge is 0.478 e. The van der Waals surface area contributed by atoms with E-state index in [0.29, 0.717) is 17.5 Å². The van der Waals surface area contributed by atoms with Gasteiger partial charge in [-0.15, -0.1) is 0 Å². The second-order valence-corrected chi connectivity index (χ2v) is 3.86. The van der Waals surface area contributed by atoms with Crippen LogP contribution in [-0.4, -0.2) is 22.6 Å². The van der Waals surface area contributed by atoms with Gasteiger partial charge in [0.05, 0.1) is 0 Å². The van der Waals surface area contributed by atoms with E-state index in [2.05, 4.69) is 17.2 Å². The summed E-state index contributed by atoms with van der Waals surface area (Å²) >= 11 is 5.72. The first-order valence-corrected chi connectivity index (χ1v) is 5.66. The third kappa shape index (κ3) is 3.70. The van der Waals surface area contributed by atoms with Crippen molar-refractivity contribution in [1.82, 2.24) is 4.98 Å². The highest BCUT2D eigenvalue weighted by molar-refractivity contribution is 6.29. The van der Waals surface area contributed by atoms with Gasteiger partial charge in [-0.1, -0.05) is 31.4 Å². The molecule has 0 atom stereocenters. The van der Waals surface area contributed by atoms with E-state index in [4.69, 9.17) is 16.7 Å². The van der Waals surface area contributed by atoms with Gasteiger partial charge in [0.2, 0.25) is 0 Å². The number of rotatable bonds is 6. The van der Waals surface area contributed by atoms with Crippen molar-refractivity contribution >= 4 is 23.4 Å². The number of carboxylic acid groups (broad SMARTS) is 1. The van der Waals surface area contributed by atoms with Crippen molar-refractivity contribution in [2.75, 3.05) is 11.9 Å². The van der Waals surface area contributed by atoms with Crippen LogP contribution in [0.4, 0.5) is 5.82 Å². The van der Waals surface area contributed by atoms with Crippen LogP contribution in [-0.2, 0) is 0 Å². The maximum absolute atomic E-state index is 10.9. The maximum atomic E-state index is 10.9. The van der Waals surface area contributed by atoms with E-state index in [0.717, 1.165) is 19.3 Å². The Morgan fingerprint density at radius 3 is 2.88 bits per heavy atom. The Morgan fingerprint density at radius 1 is 1.50 bits per heavy atom. The normalized spacial score (nSPS) is 10.1. The van der Waals surface area contributed by atoms with Gasteiger partial charge in [-0.05, 0) is 18.6 Å². The van der Waals surface area contributed by atoms with E-state index >= 15 is 0 Å². The summed E-state index contributed by atoms with van der Waals surface area (Å²) in [5, 5.41) is 12.2. The molecule has 0 aliphatic carbocycles. The van der Waals surface area contributed by atoms with Crippen molar-refractivity contribution in [3.63, 3.8) is 0 Å². The molecule has 0 spiro atoms. The van der Waals surface area contributed by atoms with Crippen LogP contribution in [0.3, 0.4) is 0 Å². The zero-order chi connectivity index (χ0) is 12.0. The first-order chi connectivity index (χ1) is 7.65. The fraction of sp³-hybridized carbons (Fsp3) is 0.455. The number of carboxylic acids is 1. The molecule has 0 aliphatic heterocycles. The number of nitrogens with zero attached hydrogens (tertiary/aromatic N) is 1. The van der Waals surface area contributed by atoms with E-state index < -0.39 is 5.97 Å². The van der Waals surface area contributed by atoms with Crippen LogP contribution in [0.15, 0.2) is 12.1 Å². The SMILES string of the molecule is CCCCCNc1nc(Cl)ccc1C(=O)O. The van der Waals surface area contributed by atoms with E-state index in [9.17, 15) is 4.79 Å². The minimum Gasteiger partial charge on any atom is -0.478 e. The van der Waals surface area contributed by atoms with Crippen molar-refractivity contribution in [3.8, 4) is 0 Å². The van der Waals surface area contributed by atoms with E-state index in [1.807, 2.05) is 0 Å². The van der Waals surface area contributed by atoms with Crippen molar-refractivity contribution in [1.29, 1.82) is 0 Å². The Hall–Kier alpha value is -1.29. The van der Waals surface area contributed by atoms with Crippen molar-refractivity contribution in [3.05, 3.63) is 22.8 Å². The predicted octanol–water partition coefficient (Wildman–Crippen LogP) is 3.04. The summed E-state index contributed by atoms with van der Waals surface area (Å²) in [7, 11) is 0. The summed E-state index contributed by atoms with van der Waals surface area (Å²) in [6.45, 7) is 2.82. The lowest BCUT2D eigenvalue weighted by molar-refractivity contribution is 0.0697. The molecule has 88 valence electrons. The van der Waals surface area contributed by atoms with Crippen LogP contribution < -0.4 is 5.32 Å². The summed E-state index contributed by atoms with van der Waals surface area (Å²) < 4.78 is 0. The number of carbonyl (C=O) groups is 1. The number of hydrogen-bond acceptors (Lipinski definition) is 3. The molecule has 0 amide bonds. The van der Waals surface area contributed by atoms with Gasteiger partial charge in [0, 0.05) is 6.54 Å². The molecule has 16 heavy (non-hydrogen) atoms. The van der Waals surface area contributed by atoms with Crippen LogP contribution >= 0.6 is 11.6 Å². The Balaban J connectivity index is 2.68. The molecule has 0 saturated heterocycles. The third-order valence-electron chi connectivity index (χ3n) is 2.16. The van der Waals surface area contributed by atoms with Crippen molar-refractivity contribution < 1.29 is 9.90 Å². The molecule has 0 radical (unpaired) electrons. The number of pyridine rings is 1. The van der Waals surface area contributed by atoms with Crippen LogP contribution in [0.1, 0.15) is 36.5 Å². The maximum Gasteiger partial charge on any atom is 0.339 e. The molecular weight excluding hydrogens is 228 g/mol. The second-order valence-electron chi connectivity index (χ2n) is 3.47. The molecule has 0 aromatic carbocycles. The standard InChI is InChI=1S/C11H15ClN2O2/c1-2-3-4-7-13-10-8(11(15)16)5-6-9(12)14-10/h5-6H,2-4,7H2,1H3,(H,13,14)(H,15,16). The Kier molecular flexibility index (Phi) is 5.05. The first-order valence-electron chi connectivity index (χ1n) is 5.29. The van der Waals surface area contributed by atoms with E-state index in [-0.39, 0.29) is 5.56 Å². The zero-order valence-corrected chi connectivity index (χ0v) is 9.92. The molecule has 1 aromatic heterocycles. The summed E-state index contributed by atoms with van der Waals surface area (Å²) in [5.41, 5.74) is 0.154. The van der Waals surface area contributed by atoms with Crippen LogP contribution in [0, 0.1) is 0 Å². The van der Waals surface area contributed by atoms with Crippen LogP contribution in [0.5, 0.6) is 0 Å². The smallest absolute Gasteiger partial charge is 0.339 e.